The SMILES string of the molecule is COCc1cc(C(C)NCCCS(N)(=O)=O)ccc1OC. The van der Waals surface area contributed by atoms with Gasteiger partial charge in [0.25, 0.3) is 0 Å². The molecule has 1 aromatic rings. The highest BCUT2D eigenvalue weighted by Crippen LogP contribution is 2.24. The molecule has 0 aromatic heterocycles. The Balaban J connectivity index is 2.61. The predicted molar refractivity (Wildman–Crippen MR) is 82.7 cm³/mol. The van der Waals surface area contributed by atoms with Gasteiger partial charge in [0.2, 0.25) is 10.0 Å². The monoisotopic (exact) mass is 316 g/mol. The zero-order valence-corrected chi connectivity index (χ0v) is 13.6. The first-order chi connectivity index (χ1) is 9.87. The van der Waals surface area contributed by atoms with E-state index in [2.05, 4.69) is 5.32 Å². The Labute approximate surface area is 126 Å². The van der Waals surface area contributed by atoms with Crippen molar-refractivity contribution in [2.75, 3.05) is 26.5 Å². The van der Waals surface area contributed by atoms with Crippen LogP contribution in [0.5, 0.6) is 5.75 Å². The third-order valence-electron chi connectivity index (χ3n) is 3.16. The van der Waals surface area contributed by atoms with Gasteiger partial charge in [-0.2, -0.15) is 0 Å². The number of ether oxygens (including phenoxy) is 2. The Morgan fingerprint density at radius 1 is 1.33 bits per heavy atom. The molecule has 3 N–H and O–H groups in total. The number of sulfonamides is 1. The van der Waals surface area contributed by atoms with Crippen molar-refractivity contribution in [1.82, 2.24) is 5.32 Å². The third-order valence-corrected chi connectivity index (χ3v) is 4.02. The molecule has 0 saturated heterocycles. The quantitative estimate of drug-likeness (QED) is 0.667. The summed E-state index contributed by atoms with van der Waals surface area (Å²) in [6, 6.07) is 6.02. The van der Waals surface area contributed by atoms with Gasteiger partial charge in [-0.1, -0.05) is 6.07 Å². The molecule has 7 heteroatoms. The summed E-state index contributed by atoms with van der Waals surface area (Å²) >= 11 is 0. The van der Waals surface area contributed by atoms with Gasteiger partial charge in [0, 0.05) is 18.7 Å². The molecule has 0 aliphatic heterocycles. The van der Waals surface area contributed by atoms with Crippen molar-refractivity contribution < 1.29 is 17.9 Å². The van der Waals surface area contributed by atoms with E-state index in [9.17, 15) is 8.42 Å². The minimum atomic E-state index is -3.38. The standard InChI is InChI=1S/C14H24N2O4S/c1-11(16-7-4-8-21(15,17)18)12-5-6-14(20-3)13(9-12)10-19-2/h5-6,9,11,16H,4,7-8,10H2,1-3H3,(H2,15,17,18). The van der Waals surface area contributed by atoms with E-state index in [4.69, 9.17) is 14.6 Å². The van der Waals surface area contributed by atoms with E-state index in [0.717, 1.165) is 16.9 Å². The van der Waals surface area contributed by atoms with Gasteiger partial charge in [0.15, 0.2) is 0 Å². The van der Waals surface area contributed by atoms with E-state index >= 15 is 0 Å². The van der Waals surface area contributed by atoms with Crippen LogP contribution in [-0.2, 0) is 21.4 Å². The van der Waals surface area contributed by atoms with Crippen molar-refractivity contribution in [3.8, 4) is 5.75 Å². The summed E-state index contributed by atoms with van der Waals surface area (Å²) in [5, 5.41) is 8.24. The van der Waals surface area contributed by atoms with Crippen molar-refractivity contribution in [2.45, 2.75) is 26.0 Å². The molecule has 0 heterocycles. The van der Waals surface area contributed by atoms with Crippen molar-refractivity contribution in [1.29, 1.82) is 0 Å². The van der Waals surface area contributed by atoms with E-state index in [-0.39, 0.29) is 11.8 Å². The number of methoxy groups -OCH3 is 2. The Morgan fingerprint density at radius 2 is 2.05 bits per heavy atom. The molecule has 0 amide bonds. The minimum absolute atomic E-state index is 0.00967. The normalized spacial score (nSPS) is 13.1. The van der Waals surface area contributed by atoms with Crippen molar-refractivity contribution in [2.24, 2.45) is 5.14 Å². The summed E-state index contributed by atoms with van der Waals surface area (Å²) in [5.74, 6) is 0.784. The summed E-state index contributed by atoms with van der Waals surface area (Å²) < 4.78 is 32.2. The van der Waals surface area contributed by atoms with E-state index in [0.29, 0.717) is 19.6 Å². The Bertz CT molecular complexity index is 546. The molecular formula is C14H24N2O4S. The van der Waals surface area contributed by atoms with Gasteiger partial charge < -0.3 is 14.8 Å². The highest BCUT2D eigenvalue weighted by molar-refractivity contribution is 7.89. The summed E-state index contributed by atoms with van der Waals surface area (Å²) in [5.41, 5.74) is 2.08. The Morgan fingerprint density at radius 3 is 2.62 bits per heavy atom. The van der Waals surface area contributed by atoms with E-state index < -0.39 is 10.0 Å². The number of primary sulfonamides is 1. The van der Waals surface area contributed by atoms with Crippen LogP contribution < -0.4 is 15.2 Å². The molecule has 0 saturated carbocycles. The lowest BCUT2D eigenvalue weighted by molar-refractivity contribution is 0.181. The molecule has 0 aliphatic rings. The summed E-state index contributed by atoms with van der Waals surface area (Å²) in [6.45, 7) is 3.09. The zero-order valence-electron chi connectivity index (χ0n) is 12.8. The second-order valence-corrected chi connectivity index (χ2v) is 6.63. The maximum atomic E-state index is 10.9. The lowest BCUT2D eigenvalue weighted by atomic mass is 10.0. The van der Waals surface area contributed by atoms with E-state index in [1.807, 2.05) is 25.1 Å². The molecule has 120 valence electrons. The molecule has 1 rings (SSSR count). The van der Waals surface area contributed by atoms with Gasteiger partial charge in [-0.3, -0.25) is 0 Å². The molecule has 1 aromatic carbocycles. The highest BCUT2D eigenvalue weighted by atomic mass is 32.2. The molecule has 1 atom stereocenters. The second kappa shape index (κ2) is 8.33. The average molecular weight is 316 g/mol. The number of hydrogen-bond donors (Lipinski definition) is 2. The first kappa shape index (κ1) is 17.9. The number of nitrogens with one attached hydrogen (secondary N) is 1. The highest BCUT2D eigenvalue weighted by Gasteiger charge is 2.10. The molecule has 21 heavy (non-hydrogen) atoms. The van der Waals surface area contributed by atoms with Crippen LogP contribution in [0.25, 0.3) is 0 Å². The first-order valence-corrected chi connectivity index (χ1v) is 8.48. The average Bonchev–Trinajstić information content (AvgIpc) is 2.42. The molecule has 0 bridgehead atoms. The van der Waals surface area contributed by atoms with Crippen LogP contribution in [0, 0.1) is 0 Å². The molecule has 0 aliphatic carbocycles. The van der Waals surface area contributed by atoms with Crippen LogP contribution in [0.3, 0.4) is 0 Å². The minimum Gasteiger partial charge on any atom is -0.496 e. The third kappa shape index (κ3) is 6.43. The maximum Gasteiger partial charge on any atom is 0.209 e. The van der Waals surface area contributed by atoms with Crippen LogP contribution >= 0.6 is 0 Å². The van der Waals surface area contributed by atoms with Gasteiger partial charge in [-0.15, -0.1) is 0 Å². The summed E-state index contributed by atoms with van der Waals surface area (Å²) in [6.07, 6.45) is 0.490. The number of rotatable bonds is 9. The lowest BCUT2D eigenvalue weighted by Gasteiger charge is -2.16. The van der Waals surface area contributed by atoms with Gasteiger partial charge in [-0.25, -0.2) is 13.6 Å². The van der Waals surface area contributed by atoms with Gasteiger partial charge in [0.05, 0.1) is 19.5 Å². The number of nitrogens with two attached hydrogens (primary N) is 1. The van der Waals surface area contributed by atoms with Crippen molar-refractivity contribution >= 4 is 10.0 Å². The van der Waals surface area contributed by atoms with Crippen LogP contribution in [0.4, 0.5) is 0 Å². The largest absolute Gasteiger partial charge is 0.496 e. The number of benzene rings is 1. The fourth-order valence-electron chi connectivity index (χ4n) is 2.05. The topological polar surface area (TPSA) is 90.6 Å². The molecule has 0 spiro atoms. The molecule has 1 unspecified atom stereocenters. The van der Waals surface area contributed by atoms with Crippen molar-refractivity contribution in [3.05, 3.63) is 29.3 Å². The predicted octanol–water partition coefficient (Wildman–Crippen LogP) is 1.17. The fourth-order valence-corrected chi connectivity index (χ4v) is 2.59. The smallest absolute Gasteiger partial charge is 0.209 e. The zero-order chi connectivity index (χ0) is 15.9. The summed E-state index contributed by atoms with van der Waals surface area (Å²) in [4.78, 5) is 0. The number of hydrogen-bond acceptors (Lipinski definition) is 5. The Kier molecular flexibility index (Phi) is 7.10. The fraction of sp³-hybridized carbons (Fsp3) is 0.571. The van der Waals surface area contributed by atoms with E-state index in [1.54, 1.807) is 14.2 Å². The maximum absolute atomic E-state index is 10.9. The summed E-state index contributed by atoms with van der Waals surface area (Å²) in [7, 11) is -0.115. The van der Waals surface area contributed by atoms with Crippen LogP contribution in [0.2, 0.25) is 0 Å². The first-order valence-electron chi connectivity index (χ1n) is 6.77. The van der Waals surface area contributed by atoms with Gasteiger partial charge in [0.1, 0.15) is 5.75 Å². The van der Waals surface area contributed by atoms with Gasteiger partial charge in [-0.05, 0) is 37.6 Å². The molecule has 6 nitrogen and oxygen atoms in total. The lowest BCUT2D eigenvalue weighted by Crippen LogP contribution is -2.24. The van der Waals surface area contributed by atoms with Crippen LogP contribution in [-0.4, -0.2) is 34.9 Å². The van der Waals surface area contributed by atoms with Crippen LogP contribution in [0.1, 0.15) is 30.5 Å². The van der Waals surface area contributed by atoms with Crippen LogP contribution in [0.15, 0.2) is 18.2 Å². The second-order valence-electron chi connectivity index (χ2n) is 4.90. The Hall–Kier alpha value is -1.15. The van der Waals surface area contributed by atoms with E-state index in [1.165, 1.54) is 0 Å². The molecule has 0 radical (unpaired) electrons. The van der Waals surface area contributed by atoms with Gasteiger partial charge >= 0.3 is 0 Å². The van der Waals surface area contributed by atoms with Crippen molar-refractivity contribution in [3.63, 3.8) is 0 Å². The molecular weight excluding hydrogens is 292 g/mol. The molecule has 0 fully saturated rings.